The smallest absolute Gasteiger partial charge is 0.154 e. The Morgan fingerprint density at radius 3 is 1.63 bits per heavy atom. The Kier molecular flexibility index (Phi) is 7.87. The average molecular weight is 630 g/mol. The zero-order chi connectivity index (χ0) is 33.3. The van der Waals surface area contributed by atoms with Crippen LogP contribution in [0.1, 0.15) is 25.0 Å². The Balaban J connectivity index is 1.43. The van der Waals surface area contributed by atoms with E-state index in [4.69, 9.17) is 9.98 Å². The molecule has 3 heteroatoms. The molecular weight excluding hydrogens is 595 g/mol. The van der Waals surface area contributed by atoms with Gasteiger partial charge in [0.1, 0.15) is 0 Å². The molecule has 8 aromatic rings. The van der Waals surface area contributed by atoms with Gasteiger partial charge >= 0.3 is 0 Å². The third-order valence-corrected chi connectivity index (χ3v) is 9.22. The summed E-state index contributed by atoms with van der Waals surface area (Å²) < 4.78 is 0. The molecule has 0 N–H and O–H groups in total. The fourth-order valence-corrected chi connectivity index (χ4v) is 6.93. The summed E-state index contributed by atoms with van der Waals surface area (Å²) in [4.78, 5) is 14.9. The molecule has 0 saturated heterocycles. The minimum absolute atomic E-state index is 0.734. The highest BCUT2D eigenvalue weighted by Crippen LogP contribution is 2.39. The highest BCUT2D eigenvalue weighted by Gasteiger charge is 2.16. The lowest BCUT2D eigenvalue weighted by molar-refractivity contribution is 1.22. The molecule has 2 aromatic heterocycles. The second kappa shape index (κ2) is 12.8. The lowest BCUT2D eigenvalue weighted by Gasteiger charge is -2.16. The lowest BCUT2D eigenvalue weighted by atomic mass is 9.91. The molecule has 0 radical (unpaired) electrons. The van der Waals surface area contributed by atoms with Gasteiger partial charge in [0.2, 0.25) is 0 Å². The van der Waals surface area contributed by atoms with E-state index in [9.17, 15) is 0 Å². The maximum Gasteiger partial charge on any atom is 0.154 e. The van der Waals surface area contributed by atoms with Gasteiger partial charge < -0.3 is 0 Å². The number of aliphatic imine (C=N–C) groups is 1. The van der Waals surface area contributed by atoms with Crippen LogP contribution in [0.3, 0.4) is 0 Å². The van der Waals surface area contributed by atoms with Crippen LogP contribution in [0.25, 0.3) is 71.2 Å². The first kappa shape index (κ1) is 30.2. The van der Waals surface area contributed by atoms with Crippen molar-refractivity contribution in [2.45, 2.75) is 20.8 Å². The summed E-state index contributed by atoms with van der Waals surface area (Å²) in [5, 5.41) is 9.67. The molecule has 234 valence electrons. The van der Waals surface area contributed by atoms with Gasteiger partial charge in [-0.25, -0.2) is 15.0 Å². The molecule has 0 amide bonds. The number of aryl methyl sites for hydroxylation is 1. The monoisotopic (exact) mass is 629 g/mol. The Morgan fingerprint density at radius 2 is 1.10 bits per heavy atom. The van der Waals surface area contributed by atoms with E-state index in [0.29, 0.717) is 0 Å². The predicted octanol–water partition coefficient (Wildman–Crippen LogP) is 12.5. The quantitative estimate of drug-likeness (QED) is 0.104. The minimum atomic E-state index is 0.734. The molecule has 0 unspecified atom stereocenters. The lowest BCUT2D eigenvalue weighted by Crippen LogP contribution is -1.96. The molecule has 49 heavy (non-hydrogen) atoms. The summed E-state index contributed by atoms with van der Waals surface area (Å²) in [6, 6.07) is 47.6. The van der Waals surface area contributed by atoms with Crippen molar-refractivity contribution in [3.63, 3.8) is 0 Å². The molecule has 8 rings (SSSR count). The Hall–Kier alpha value is -6.19. The van der Waals surface area contributed by atoms with Gasteiger partial charge in [-0.3, -0.25) is 0 Å². The molecule has 0 saturated carbocycles. The summed E-state index contributed by atoms with van der Waals surface area (Å²) >= 11 is 0. The van der Waals surface area contributed by atoms with Gasteiger partial charge in [0, 0.05) is 23.0 Å². The van der Waals surface area contributed by atoms with Crippen LogP contribution in [0.4, 0.5) is 5.82 Å². The summed E-state index contributed by atoms with van der Waals surface area (Å²) in [5.41, 5.74) is 8.12. The highest BCUT2D eigenvalue weighted by molar-refractivity contribution is 6.15. The summed E-state index contributed by atoms with van der Waals surface area (Å²) in [6.45, 7) is 6.13. The van der Waals surface area contributed by atoms with Crippen LogP contribution < -0.4 is 0 Å². The van der Waals surface area contributed by atoms with Crippen molar-refractivity contribution in [1.29, 1.82) is 0 Å². The second-order valence-electron chi connectivity index (χ2n) is 12.5. The largest absolute Gasteiger partial charge is 0.248 e. The van der Waals surface area contributed by atoms with Crippen molar-refractivity contribution >= 4 is 60.2 Å². The fraction of sp³-hybridized carbons (Fsp3) is 0.0652. The van der Waals surface area contributed by atoms with Crippen molar-refractivity contribution in [2.24, 2.45) is 4.99 Å². The molecule has 6 aromatic carbocycles. The number of benzene rings is 6. The number of allylic oxidation sites excluding steroid dienone is 4. The van der Waals surface area contributed by atoms with Crippen LogP contribution in [-0.4, -0.2) is 15.7 Å². The number of aromatic nitrogens is 2. The third-order valence-electron chi connectivity index (χ3n) is 9.22. The zero-order valence-corrected chi connectivity index (χ0v) is 27.9. The van der Waals surface area contributed by atoms with Gasteiger partial charge in [0.05, 0.1) is 11.4 Å². The molecule has 0 fully saturated rings. The highest BCUT2D eigenvalue weighted by atomic mass is 14.9. The first-order valence-corrected chi connectivity index (χ1v) is 16.7. The molecule has 2 heterocycles. The number of pyridine rings is 2. The first-order chi connectivity index (χ1) is 24.1. The SMILES string of the molecule is C\C=C/C(=C\C(C)=N\c1ncccc1C)c1cc(-c2cc3ccccc3c3ccccc23)nc(-c2cc3ccccc3c3ccccc23)c1. The van der Waals surface area contributed by atoms with Crippen LogP contribution in [0, 0.1) is 6.92 Å². The molecule has 0 bridgehead atoms. The summed E-state index contributed by atoms with van der Waals surface area (Å²) in [6.07, 6.45) is 8.18. The van der Waals surface area contributed by atoms with E-state index in [1.165, 1.54) is 43.1 Å². The van der Waals surface area contributed by atoms with Crippen molar-refractivity contribution in [3.05, 3.63) is 169 Å². The summed E-state index contributed by atoms with van der Waals surface area (Å²) in [5.74, 6) is 0.734. The number of fused-ring (bicyclic) bond motifs is 6. The molecule has 0 aliphatic rings. The van der Waals surface area contributed by atoms with E-state index >= 15 is 0 Å². The van der Waals surface area contributed by atoms with Gasteiger partial charge in [-0.15, -0.1) is 0 Å². The van der Waals surface area contributed by atoms with Crippen LogP contribution in [0.15, 0.2) is 163 Å². The minimum Gasteiger partial charge on any atom is -0.248 e. The predicted molar refractivity (Wildman–Crippen MR) is 210 cm³/mol. The van der Waals surface area contributed by atoms with E-state index in [1.807, 2.05) is 26.0 Å². The van der Waals surface area contributed by atoms with Gasteiger partial charge in [0.15, 0.2) is 5.82 Å². The van der Waals surface area contributed by atoms with Gasteiger partial charge in [-0.1, -0.05) is 115 Å². The van der Waals surface area contributed by atoms with Crippen LogP contribution in [0.5, 0.6) is 0 Å². The van der Waals surface area contributed by atoms with Crippen molar-refractivity contribution in [1.82, 2.24) is 9.97 Å². The zero-order valence-electron chi connectivity index (χ0n) is 27.9. The van der Waals surface area contributed by atoms with E-state index < -0.39 is 0 Å². The molecule has 0 aliphatic carbocycles. The Bertz CT molecular complexity index is 2500. The number of hydrogen-bond acceptors (Lipinski definition) is 3. The topological polar surface area (TPSA) is 38.1 Å². The van der Waals surface area contributed by atoms with Gasteiger partial charge in [-0.05, 0) is 117 Å². The van der Waals surface area contributed by atoms with E-state index in [1.54, 1.807) is 6.20 Å². The molecule has 3 nitrogen and oxygen atoms in total. The maximum atomic E-state index is 5.50. The maximum absolute atomic E-state index is 5.50. The third kappa shape index (κ3) is 5.70. The number of hydrogen-bond donors (Lipinski definition) is 0. The standard InChI is InChI=1S/C46H35N3/c1-4-14-32(25-31(3)48-46-30(2)15-13-24-47-46)35-28-44(42-26-33-16-5-7-18-36(33)38-20-9-11-22-40(38)42)49-45(29-35)43-27-34-17-6-8-19-37(34)39-21-10-12-23-41(39)43/h4-29H,1-3H3/b14-4-,32-25+,48-31+. The molecule has 0 atom stereocenters. The normalized spacial score (nSPS) is 12.6. The Morgan fingerprint density at radius 1 is 0.592 bits per heavy atom. The Labute approximate surface area is 286 Å². The first-order valence-electron chi connectivity index (χ1n) is 16.7. The number of rotatable bonds is 6. The van der Waals surface area contributed by atoms with Crippen LogP contribution in [0.2, 0.25) is 0 Å². The molecular formula is C46H35N3. The van der Waals surface area contributed by atoms with Crippen molar-refractivity contribution < 1.29 is 0 Å². The van der Waals surface area contributed by atoms with E-state index in [2.05, 4.69) is 151 Å². The molecule has 0 aliphatic heterocycles. The van der Waals surface area contributed by atoms with Gasteiger partial charge in [-0.2, -0.15) is 0 Å². The fourth-order valence-electron chi connectivity index (χ4n) is 6.93. The van der Waals surface area contributed by atoms with E-state index in [0.717, 1.165) is 50.7 Å². The van der Waals surface area contributed by atoms with Crippen LogP contribution in [-0.2, 0) is 0 Å². The molecule has 0 spiro atoms. The van der Waals surface area contributed by atoms with Crippen LogP contribution >= 0.6 is 0 Å². The van der Waals surface area contributed by atoms with Crippen molar-refractivity contribution in [2.75, 3.05) is 0 Å². The second-order valence-corrected chi connectivity index (χ2v) is 12.5. The van der Waals surface area contributed by atoms with Gasteiger partial charge in [0.25, 0.3) is 0 Å². The van der Waals surface area contributed by atoms with Crippen molar-refractivity contribution in [3.8, 4) is 22.5 Å². The number of nitrogens with zero attached hydrogens (tertiary/aromatic N) is 3. The summed E-state index contributed by atoms with van der Waals surface area (Å²) in [7, 11) is 0. The van der Waals surface area contributed by atoms with E-state index in [-0.39, 0.29) is 0 Å². The average Bonchev–Trinajstić information content (AvgIpc) is 3.14.